The zero-order valence-electron chi connectivity index (χ0n) is 14.4. The molecule has 1 unspecified atom stereocenters. The van der Waals surface area contributed by atoms with Gasteiger partial charge in [-0.15, -0.1) is 0 Å². The highest BCUT2D eigenvalue weighted by molar-refractivity contribution is 8.00. The first-order valence-electron chi connectivity index (χ1n) is 7.82. The number of hydrogen-bond acceptors (Lipinski definition) is 6. The fourth-order valence-corrected chi connectivity index (χ4v) is 3.31. The number of rotatable bonds is 6. The van der Waals surface area contributed by atoms with Crippen molar-refractivity contribution >= 4 is 51.7 Å². The minimum absolute atomic E-state index is 0.152. The van der Waals surface area contributed by atoms with E-state index in [0.29, 0.717) is 10.9 Å². The number of hydrogen-bond donors (Lipinski definition) is 2. The third-order valence-electron chi connectivity index (χ3n) is 3.74. The molecule has 3 aromatic rings. The SMILES string of the molecule is COc1ccc2nc(SC(C)C(=O)Nc3cc([N+](=O)[O-])ccc3Cl)[nH]c2c1. The van der Waals surface area contributed by atoms with Crippen molar-refractivity contribution < 1.29 is 14.5 Å². The van der Waals surface area contributed by atoms with Gasteiger partial charge in [-0.2, -0.15) is 0 Å². The maximum absolute atomic E-state index is 12.4. The summed E-state index contributed by atoms with van der Waals surface area (Å²) in [5.41, 5.74) is 1.60. The third-order valence-corrected chi connectivity index (χ3v) is 5.06. The average molecular weight is 407 g/mol. The first-order valence-corrected chi connectivity index (χ1v) is 9.08. The smallest absolute Gasteiger partial charge is 0.271 e. The van der Waals surface area contributed by atoms with Crippen LogP contribution >= 0.6 is 23.4 Å². The number of amides is 1. The molecule has 1 atom stereocenters. The van der Waals surface area contributed by atoms with Gasteiger partial charge in [0.1, 0.15) is 5.75 Å². The van der Waals surface area contributed by atoms with Crippen LogP contribution in [0.1, 0.15) is 6.92 Å². The van der Waals surface area contributed by atoms with Crippen LogP contribution in [0.15, 0.2) is 41.6 Å². The van der Waals surface area contributed by atoms with Gasteiger partial charge in [0, 0.05) is 18.2 Å². The van der Waals surface area contributed by atoms with Crippen LogP contribution in [-0.4, -0.2) is 33.2 Å². The molecule has 1 heterocycles. The van der Waals surface area contributed by atoms with E-state index in [-0.39, 0.29) is 22.3 Å². The lowest BCUT2D eigenvalue weighted by atomic mass is 10.2. The quantitative estimate of drug-likeness (QED) is 0.359. The molecule has 8 nitrogen and oxygen atoms in total. The van der Waals surface area contributed by atoms with E-state index in [1.807, 2.05) is 12.1 Å². The number of halogens is 1. The monoisotopic (exact) mass is 406 g/mol. The lowest BCUT2D eigenvalue weighted by Gasteiger charge is -2.11. The molecule has 1 aromatic heterocycles. The topological polar surface area (TPSA) is 110 Å². The first kappa shape index (κ1) is 19.0. The number of H-pyrrole nitrogens is 1. The lowest BCUT2D eigenvalue weighted by Crippen LogP contribution is -2.22. The maximum Gasteiger partial charge on any atom is 0.271 e. The van der Waals surface area contributed by atoms with Crippen molar-refractivity contribution in [1.82, 2.24) is 9.97 Å². The number of imidazole rings is 1. The number of carbonyl (C=O) groups excluding carboxylic acids is 1. The van der Waals surface area contributed by atoms with Crippen molar-refractivity contribution in [3.8, 4) is 5.75 Å². The Morgan fingerprint density at radius 2 is 2.15 bits per heavy atom. The highest BCUT2D eigenvalue weighted by atomic mass is 35.5. The van der Waals surface area contributed by atoms with Crippen LogP contribution in [0.5, 0.6) is 5.75 Å². The van der Waals surface area contributed by atoms with E-state index in [2.05, 4.69) is 15.3 Å². The zero-order chi connectivity index (χ0) is 19.6. The average Bonchev–Trinajstić information content (AvgIpc) is 3.04. The number of nitrogens with one attached hydrogen (secondary N) is 2. The second-order valence-corrected chi connectivity index (χ2v) is 7.33. The molecular weight excluding hydrogens is 392 g/mol. The van der Waals surface area contributed by atoms with Gasteiger partial charge < -0.3 is 15.0 Å². The fraction of sp³-hybridized carbons (Fsp3) is 0.176. The molecule has 0 bridgehead atoms. The fourth-order valence-electron chi connectivity index (χ4n) is 2.33. The van der Waals surface area contributed by atoms with Gasteiger partial charge in [0.2, 0.25) is 5.91 Å². The van der Waals surface area contributed by atoms with Gasteiger partial charge in [-0.3, -0.25) is 14.9 Å². The van der Waals surface area contributed by atoms with Gasteiger partial charge in [0.25, 0.3) is 5.69 Å². The normalized spacial score (nSPS) is 12.0. The summed E-state index contributed by atoms with van der Waals surface area (Å²) in [5, 5.41) is 13.8. The van der Waals surface area contributed by atoms with Gasteiger partial charge in [-0.1, -0.05) is 23.4 Å². The molecule has 0 aliphatic rings. The predicted octanol–water partition coefficient (Wildman–Crippen LogP) is 4.25. The first-order chi connectivity index (χ1) is 12.9. The number of methoxy groups -OCH3 is 1. The summed E-state index contributed by atoms with van der Waals surface area (Å²) in [5.74, 6) is 0.356. The van der Waals surface area contributed by atoms with Crippen molar-refractivity contribution in [2.75, 3.05) is 12.4 Å². The lowest BCUT2D eigenvalue weighted by molar-refractivity contribution is -0.384. The van der Waals surface area contributed by atoms with E-state index in [9.17, 15) is 14.9 Å². The van der Waals surface area contributed by atoms with Crippen LogP contribution in [0.25, 0.3) is 11.0 Å². The number of fused-ring (bicyclic) bond motifs is 1. The van der Waals surface area contributed by atoms with Crippen LogP contribution in [0.4, 0.5) is 11.4 Å². The Kier molecular flexibility index (Phi) is 5.52. The summed E-state index contributed by atoms with van der Waals surface area (Å²) >= 11 is 7.25. The van der Waals surface area contributed by atoms with Crippen LogP contribution in [-0.2, 0) is 4.79 Å². The molecule has 0 fully saturated rings. The standard InChI is InChI=1S/C17H15ClN4O4S/c1-9(16(23)19-14-7-10(22(24)25)3-5-12(14)18)27-17-20-13-6-4-11(26-2)8-15(13)21-17/h3-9H,1-2H3,(H,19,23)(H,20,21). The van der Waals surface area contributed by atoms with E-state index < -0.39 is 10.2 Å². The van der Waals surface area contributed by atoms with Gasteiger partial charge >= 0.3 is 0 Å². The Hall–Kier alpha value is -2.78. The number of aromatic amines is 1. The van der Waals surface area contributed by atoms with Crippen molar-refractivity contribution in [1.29, 1.82) is 0 Å². The summed E-state index contributed by atoms with van der Waals surface area (Å²) in [6.45, 7) is 1.71. The zero-order valence-corrected chi connectivity index (χ0v) is 15.9. The molecule has 2 N–H and O–H groups in total. The molecule has 2 aromatic carbocycles. The number of aromatic nitrogens is 2. The maximum atomic E-state index is 12.4. The van der Waals surface area contributed by atoms with Gasteiger partial charge in [0.15, 0.2) is 5.16 Å². The molecule has 0 saturated carbocycles. The van der Waals surface area contributed by atoms with E-state index in [4.69, 9.17) is 16.3 Å². The second-order valence-electron chi connectivity index (χ2n) is 5.60. The molecule has 0 saturated heterocycles. The molecule has 0 spiro atoms. The number of nitro benzene ring substituents is 1. The molecule has 0 aliphatic heterocycles. The molecule has 140 valence electrons. The highest BCUT2D eigenvalue weighted by Crippen LogP contribution is 2.29. The Morgan fingerprint density at radius 1 is 1.37 bits per heavy atom. The van der Waals surface area contributed by atoms with E-state index in [1.165, 1.54) is 30.0 Å². The highest BCUT2D eigenvalue weighted by Gasteiger charge is 2.19. The summed E-state index contributed by atoms with van der Waals surface area (Å²) in [6, 6.07) is 9.32. The minimum atomic E-state index is -0.549. The number of anilines is 1. The largest absolute Gasteiger partial charge is 0.497 e. The molecule has 10 heteroatoms. The molecular formula is C17H15ClN4O4S. The number of ether oxygens (including phenoxy) is 1. The predicted molar refractivity (Wildman–Crippen MR) is 105 cm³/mol. The molecule has 0 aliphatic carbocycles. The van der Waals surface area contributed by atoms with Crippen molar-refractivity contribution in [2.45, 2.75) is 17.3 Å². The number of benzene rings is 2. The van der Waals surface area contributed by atoms with Gasteiger partial charge in [-0.25, -0.2) is 4.98 Å². The van der Waals surface area contributed by atoms with Crippen LogP contribution in [0, 0.1) is 10.1 Å². The van der Waals surface area contributed by atoms with E-state index in [0.717, 1.165) is 11.0 Å². The minimum Gasteiger partial charge on any atom is -0.497 e. The van der Waals surface area contributed by atoms with E-state index in [1.54, 1.807) is 20.1 Å². The molecule has 0 radical (unpaired) electrons. The molecule has 1 amide bonds. The Morgan fingerprint density at radius 3 is 2.85 bits per heavy atom. The summed E-state index contributed by atoms with van der Waals surface area (Å²) in [4.78, 5) is 30.3. The third kappa shape index (κ3) is 4.32. The number of nitro groups is 1. The number of thioether (sulfide) groups is 1. The summed E-state index contributed by atoms with van der Waals surface area (Å²) in [7, 11) is 1.58. The van der Waals surface area contributed by atoms with E-state index >= 15 is 0 Å². The Balaban J connectivity index is 1.72. The molecule has 3 rings (SSSR count). The number of carbonyl (C=O) groups is 1. The van der Waals surface area contributed by atoms with Crippen molar-refractivity contribution in [3.63, 3.8) is 0 Å². The summed E-state index contributed by atoms with van der Waals surface area (Å²) < 4.78 is 5.18. The van der Waals surface area contributed by atoms with Crippen molar-refractivity contribution in [3.05, 3.63) is 51.5 Å². The summed E-state index contributed by atoms with van der Waals surface area (Å²) in [6.07, 6.45) is 0. The van der Waals surface area contributed by atoms with Gasteiger partial charge in [0.05, 0.1) is 39.0 Å². The number of nitrogens with zero attached hydrogens (tertiary/aromatic N) is 2. The second kappa shape index (κ2) is 7.85. The van der Waals surface area contributed by atoms with Crippen LogP contribution in [0.3, 0.4) is 0 Å². The Bertz CT molecular complexity index is 1020. The molecule has 27 heavy (non-hydrogen) atoms. The number of non-ortho nitro benzene ring substituents is 1. The van der Waals surface area contributed by atoms with Crippen LogP contribution < -0.4 is 10.1 Å². The Labute approximate surface area is 163 Å². The van der Waals surface area contributed by atoms with Gasteiger partial charge in [-0.05, 0) is 25.1 Å². The van der Waals surface area contributed by atoms with Crippen LogP contribution in [0.2, 0.25) is 5.02 Å². The van der Waals surface area contributed by atoms with Crippen molar-refractivity contribution in [2.24, 2.45) is 0 Å².